The molecule has 2 amide bonds. The molecular weight excluding hydrogens is 418 g/mol. The third-order valence-corrected chi connectivity index (χ3v) is 6.18. The molecule has 0 spiro atoms. The van der Waals surface area contributed by atoms with Gasteiger partial charge in [0.05, 0.1) is 18.1 Å². The number of benzene rings is 1. The number of nitrogens with one attached hydrogen (secondary N) is 1. The fourth-order valence-corrected chi connectivity index (χ4v) is 3.96. The van der Waals surface area contributed by atoms with Gasteiger partial charge in [-0.15, -0.1) is 0 Å². The number of hydrogen-bond donors (Lipinski definition) is 1. The van der Waals surface area contributed by atoms with Gasteiger partial charge >= 0.3 is 5.97 Å². The summed E-state index contributed by atoms with van der Waals surface area (Å²) in [6, 6.07) is 8.04. The lowest BCUT2D eigenvalue weighted by molar-refractivity contribution is -0.143. The molecular formula is C21H27N5O4S. The van der Waals surface area contributed by atoms with Crippen LogP contribution in [-0.4, -0.2) is 84.9 Å². The van der Waals surface area contributed by atoms with Gasteiger partial charge in [0.15, 0.2) is 5.17 Å². The van der Waals surface area contributed by atoms with Crippen molar-refractivity contribution in [3.63, 3.8) is 0 Å². The van der Waals surface area contributed by atoms with E-state index in [4.69, 9.17) is 10.00 Å². The largest absolute Gasteiger partial charge is 0.464 e. The van der Waals surface area contributed by atoms with E-state index in [9.17, 15) is 14.4 Å². The number of nitrogens with zero attached hydrogens (tertiary/aromatic N) is 4. The van der Waals surface area contributed by atoms with E-state index in [0.717, 1.165) is 0 Å². The predicted octanol–water partition coefficient (Wildman–Crippen LogP) is 1.10. The van der Waals surface area contributed by atoms with E-state index in [-0.39, 0.29) is 30.9 Å². The molecule has 1 fully saturated rings. The van der Waals surface area contributed by atoms with Gasteiger partial charge < -0.3 is 19.9 Å². The monoisotopic (exact) mass is 445 g/mol. The number of ether oxygens (including phenoxy) is 1. The summed E-state index contributed by atoms with van der Waals surface area (Å²) in [7, 11) is 5.56. The van der Waals surface area contributed by atoms with Crippen molar-refractivity contribution in [3.8, 4) is 6.07 Å². The highest BCUT2D eigenvalue weighted by Gasteiger charge is 2.39. The molecule has 1 aliphatic rings. The standard InChI is InChI=1S/C21H27N5O4S/c1-14-18(20(29)23-10-9-17(27)30-12-11-25(2)3)31-21(26(14)4)24-19(28)16-7-5-15(13-22)6-8-16/h5-8,14,18H,9-12H2,1-4H3,(H,23,29). The van der Waals surface area contributed by atoms with Crippen LogP contribution < -0.4 is 5.32 Å². The maximum absolute atomic E-state index is 12.6. The predicted molar refractivity (Wildman–Crippen MR) is 119 cm³/mol. The van der Waals surface area contributed by atoms with Gasteiger partial charge in [0, 0.05) is 31.7 Å². The summed E-state index contributed by atoms with van der Waals surface area (Å²) in [5.74, 6) is -1.02. The highest BCUT2D eigenvalue weighted by molar-refractivity contribution is 8.15. The fourth-order valence-electron chi connectivity index (χ4n) is 2.69. The van der Waals surface area contributed by atoms with Crippen LogP contribution in [0.1, 0.15) is 29.3 Å². The number of esters is 1. The summed E-state index contributed by atoms with van der Waals surface area (Å²) in [6.07, 6.45) is 0.0961. The van der Waals surface area contributed by atoms with Crippen LogP contribution in [-0.2, 0) is 14.3 Å². The highest BCUT2D eigenvalue weighted by atomic mass is 32.2. The van der Waals surface area contributed by atoms with Crippen molar-refractivity contribution in [2.75, 3.05) is 40.8 Å². The second kappa shape index (κ2) is 11.5. The van der Waals surface area contributed by atoms with Crippen molar-refractivity contribution in [2.24, 2.45) is 4.99 Å². The summed E-state index contributed by atoms with van der Waals surface area (Å²) < 4.78 is 5.10. The number of carbonyl (C=O) groups is 3. The molecule has 0 radical (unpaired) electrons. The van der Waals surface area contributed by atoms with Gasteiger partial charge in [0.1, 0.15) is 11.9 Å². The molecule has 0 aromatic heterocycles. The van der Waals surface area contributed by atoms with Crippen LogP contribution in [0.3, 0.4) is 0 Å². The van der Waals surface area contributed by atoms with Crippen molar-refractivity contribution in [1.82, 2.24) is 15.1 Å². The zero-order chi connectivity index (χ0) is 23.0. The number of thioether (sulfide) groups is 1. The first kappa shape index (κ1) is 24.4. The Bertz CT molecular complexity index is 879. The van der Waals surface area contributed by atoms with Gasteiger partial charge in [-0.3, -0.25) is 14.4 Å². The molecule has 166 valence electrons. The number of aliphatic imine (C=N–C) groups is 1. The zero-order valence-corrected chi connectivity index (χ0v) is 18.9. The van der Waals surface area contributed by atoms with Crippen LogP contribution >= 0.6 is 11.8 Å². The van der Waals surface area contributed by atoms with Crippen LogP contribution in [0.4, 0.5) is 0 Å². The number of carbonyl (C=O) groups excluding carboxylic acids is 3. The highest BCUT2D eigenvalue weighted by Crippen LogP contribution is 2.31. The van der Waals surface area contributed by atoms with Gasteiger partial charge in [0.2, 0.25) is 5.91 Å². The molecule has 31 heavy (non-hydrogen) atoms. The lowest BCUT2D eigenvalue weighted by Crippen LogP contribution is -2.41. The van der Waals surface area contributed by atoms with Gasteiger partial charge in [-0.2, -0.15) is 10.3 Å². The van der Waals surface area contributed by atoms with Crippen molar-refractivity contribution in [1.29, 1.82) is 5.26 Å². The summed E-state index contributed by atoms with van der Waals surface area (Å²) in [5, 5.41) is 11.6. The molecule has 1 aromatic carbocycles. The van der Waals surface area contributed by atoms with Gasteiger partial charge in [-0.1, -0.05) is 11.8 Å². The molecule has 2 rings (SSSR count). The van der Waals surface area contributed by atoms with Crippen molar-refractivity contribution < 1.29 is 19.1 Å². The molecule has 10 heteroatoms. The Balaban J connectivity index is 1.88. The quantitative estimate of drug-likeness (QED) is 0.592. The number of hydrogen-bond acceptors (Lipinski definition) is 7. The average molecular weight is 446 g/mol. The lowest BCUT2D eigenvalue weighted by Gasteiger charge is -2.19. The van der Waals surface area contributed by atoms with Crippen molar-refractivity contribution in [3.05, 3.63) is 35.4 Å². The summed E-state index contributed by atoms with van der Waals surface area (Å²) in [4.78, 5) is 44.6. The molecule has 1 saturated heterocycles. The topological polar surface area (TPSA) is 115 Å². The van der Waals surface area contributed by atoms with Gasteiger partial charge in [0.25, 0.3) is 5.91 Å². The molecule has 1 aliphatic heterocycles. The number of nitriles is 1. The smallest absolute Gasteiger partial charge is 0.307 e. The number of rotatable bonds is 8. The Labute approximate surface area is 186 Å². The Hall–Kier alpha value is -2.90. The van der Waals surface area contributed by atoms with Crippen LogP contribution in [0.25, 0.3) is 0 Å². The SMILES string of the molecule is CC1C(C(=O)NCCC(=O)OCCN(C)C)SC(=NC(=O)c2ccc(C#N)cc2)N1C. The summed E-state index contributed by atoms with van der Waals surface area (Å²) in [5.41, 5.74) is 0.831. The molecule has 2 unspecified atom stereocenters. The number of amidine groups is 1. The summed E-state index contributed by atoms with van der Waals surface area (Å²) in [6.45, 7) is 3.02. The van der Waals surface area contributed by atoms with E-state index in [1.54, 1.807) is 36.2 Å². The minimum absolute atomic E-state index is 0.0961. The second-order valence-corrected chi connectivity index (χ2v) is 8.45. The van der Waals surface area contributed by atoms with Crippen molar-refractivity contribution >= 4 is 34.7 Å². The molecule has 9 nitrogen and oxygen atoms in total. The molecule has 1 N–H and O–H groups in total. The minimum atomic E-state index is -0.456. The van der Waals surface area contributed by atoms with E-state index in [2.05, 4.69) is 10.3 Å². The Kier molecular flexibility index (Phi) is 9.03. The van der Waals surface area contributed by atoms with Crippen LogP contribution in [0.2, 0.25) is 0 Å². The molecule has 0 saturated carbocycles. The van der Waals surface area contributed by atoms with Crippen LogP contribution in [0.5, 0.6) is 0 Å². The second-order valence-electron chi connectivity index (χ2n) is 7.34. The van der Waals surface area contributed by atoms with E-state index in [1.165, 1.54) is 11.8 Å². The maximum atomic E-state index is 12.6. The first-order chi connectivity index (χ1) is 14.7. The Morgan fingerprint density at radius 1 is 1.29 bits per heavy atom. The van der Waals surface area contributed by atoms with Gasteiger partial charge in [-0.25, -0.2) is 0 Å². The zero-order valence-electron chi connectivity index (χ0n) is 18.1. The van der Waals surface area contributed by atoms with Crippen LogP contribution in [0.15, 0.2) is 29.3 Å². The molecule has 1 aromatic rings. The normalized spacial score (nSPS) is 19.4. The Morgan fingerprint density at radius 2 is 1.97 bits per heavy atom. The minimum Gasteiger partial charge on any atom is -0.464 e. The Morgan fingerprint density at radius 3 is 2.58 bits per heavy atom. The van der Waals surface area contributed by atoms with E-state index < -0.39 is 11.2 Å². The molecule has 0 aliphatic carbocycles. The number of amides is 2. The van der Waals surface area contributed by atoms with Crippen LogP contribution in [0, 0.1) is 11.3 Å². The van der Waals surface area contributed by atoms with Gasteiger partial charge in [-0.05, 0) is 45.3 Å². The third kappa shape index (κ3) is 7.08. The third-order valence-electron chi connectivity index (χ3n) is 4.73. The summed E-state index contributed by atoms with van der Waals surface area (Å²) >= 11 is 1.21. The first-order valence-electron chi connectivity index (χ1n) is 9.83. The first-order valence-corrected chi connectivity index (χ1v) is 10.7. The lowest BCUT2D eigenvalue weighted by atomic mass is 10.1. The molecule has 0 bridgehead atoms. The van der Waals surface area contributed by atoms with E-state index in [0.29, 0.717) is 29.4 Å². The fraction of sp³-hybridized carbons (Fsp3) is 0.476. The van der Waals surface area contributed by atoms with Crippen molar-refractivity contribution in [2.45, 2.75) is 24.6 Å². The number of likely N-dealkylation sites (N-methyl/N-ethyl adjacent to an activating group) is 1. The molecule has 1 heterocycles. The maximum Gasteiger partial charge on any atom is 0.307 e. The van der Waals surface area contributed by atoms with E-state index >= 15 is 0 Å². The molecule has 2 atom stereocenters. The van der Waals surface area contributed by atoms with E-state index in [1.807, 2.05) is 32.0 Å². The average Bonchev–Trinajstić information content (AvgIpc) is 3.02.